The Hall–Kier alpha value is -2.15. The van der Waals surface area contributed by atoms with Gasteiger partial charge in [-0.1, -0.05) is 6.07 Å². The molecule has 7 heteroatoms. The van der Waals surface area contributed by atoms with Gasteiger partial charge in [-0.2, -0.15) is 0 Å². The molecule has 0 radical (unpaired) electrons. The topological polar surface area (TPSA) is 88.5 Å². The van der Waals surface area contributed by atoms with E-state index in [1.165, 1.54) is 0 Å². The van der Waals surface area contributed by atoms with E-state index in [4.69, 9.17) is 5.73 Å². The van der Waals surface area contributed by atoms with E-state index >= 15 is 0 Å². The molecular formula is C13H18N6O. The number of aromatic nitrogens is 3. The van der Waals surface area contributed by atoms with Gasteiger partial charge >= 0.3 is 6.03 Å². The zero-order valence-electron chi connectivity index (χ0n) is 11.2. The average molecular weight is 274 g/mol. The monoisotopic (exact) mass is 274 g/mol. The number of rotatable bonds is 3. The van der Waals surface area contributed by atoms with E-state index in [1.807, 2.05) is 28.8 Å². The predicted octanol–water partition coefficient (Wildman–Crippen LogP) is 0.362. The highest BCUT2D eigenvalue weighted by molar-refractivity contribution is 5.72. The van der Waals surface area contributed by atoms with Gasteiger partial charge in [0.15, 0.2) is 11.5 Å². The van der Waals surface area contributed by atoms with Gasteiger partial charge in [0.2, 0.25) is 0 Å². The van der Waals surface area contributed by atoms with E-state index < -0.39 is 0 Å². The normalized spacial score (nSPS) is 16.7. The van der Waals surface area contributed by atoms with Crippen molar-refractivity contribution in [3.63, 3.8) is 0 Å². The molecule has 3 N–H and O–H groups in total. The van der Waals surface area contributed by atoms with Gasteiger partial charge in [-0.05, 0) is 25.0 Å². The molecule has 0 bridgehead atoms. The highest BCUT2D eigenvalue weighted by Gasteiger charge is 2.21. The lowest BCUT2D eigenvalue weighted by atomic mass is 10.1. The van der Waals surface area contributed by atoms with E-state index in [0.29, 0.717) is 25.7 Å². The van der Waals surface area contributed by atoms with Gasteiger partial charge in [-0.15, -0.1) is 10.2 Å². The summed E-state index contributed by atoms with van der Waals surface area (Å²) < 4.78 is 1.98. The lowest BCUT2D eigenvalue weighted by Crippen LogP contribution is -2.46. The Labute approximate surface area is 116 Å². The minimum absolute atomic E-state index is 0.327. The smallest absolute Gasteiger partial charge is 0.314 e. The first-order chi connectivity index (χ1) is 9.74. The fourth-order valence-electron chi connectivity index (χ4n) is 2.55. The lowest BCUT2D eigenvalue weighted by Gasteiger charge is -2.31. The summed E-state index contributed by atoms with van der Waals surface area (Å²) in [5.74, 6) is 0.901. The minimum Gasteiger partial charge on any atom is -0.351 e. The molecule has 1 aliphatic heterocycles. The van der Waals surface area contributed by atoms with Crippen LogP contribution in [0.2, 0.25) is 0 Å². The van der Waals surface area contributed by atoms with Crippen molar-refractivity contribution in [3.05, 3.63) is 30.2 Å². The van der Waals surface area contributed by atoms with Gasteiger partial charge in [-0.3, -0.25) is 4.40 Å². The van der Waals surface area contributed by atoms with Crippen LogP contribution in [0.25, 0.3) is 5.65 Å². The van der Waals surface area contributed by atoms with E-state index in [9.17, 15) is 4.79 Å². The van der Waals surface area contributed by atoms with Crippen LogP contribution in [0.15, 0.2) is 24.4 Å². The highest BCUT2D eigenvalue weighted by atomic mass is 16.2. The molecule has 0 unspecified atom stereocenters. The second-order valence-electron chi connectivity index (χ2n) is 5.03. The molecule has 3 rings (SSSR count). The number of nitrogens with zero attached hydrogens (tertiary/aromatic N) is 4. The number of likely N-dealkylation sites (tertiary alicyclic amines) is 1. The van der Waals surface area contributed by atoms with Gasteiger partial charge in [-0.25, -0.2) is 4.79 Å². The summed E-state index contributed by atoms with van der Waals surface area (Å²) >= 11 is 0. The molecule has 0 atom stereocenters. The second kappa shape index (κ2) is 5.46. The Balaban J connectivity index is 1.57. The highest BCUT2D eigenvalue weighted by Crippen LogP contribution is 2.11. The molecule has 106 valence electrons. The first kappa shape index (κ1) is 12.9. The molecule has 20 heavy (non-hydrogen) atoms. The molecule has 2 aromatic heterocycles. The Morgan fingerprint density at radius 1 is 1.35 bits per heavy atom. The fraction of sp³-hybridized carbons (Fsp3) is 0.462. The van der Waals surface area contributed by atoms with Crippen molar-refractivity contribution in [1.82, 2.24) is 24.8 Å². The van der Waals surface area contributed by atoms with Crippen molar-refractivity contribution in [1.29, 1.82) is 0 Å². The number of pyridine rings is 1. The summed E-state index contributed by atoms with van der Waals surface area (Å²) in [4.78, 5) is 12.7. The van der Waals surface area contributed by atoms with Crippen LogP contribution in [0.3, 0.4) is 0 Å². The Bertz CT molecular complexity index is 602. The molecular weight excluding hydrogens is 256 g/mol. The summed E-state index contributed by atoms with van der Waals surface area (Å²) in [5.41, 5.74) is 6.13. The summed E-state index contributed by atoms with van der Waals surface area (Å²) in [6, 6.07) is 5.90. The van der Waals surface area contributed by atoms with Gasteiger partial charge in [0.1, 0.15) is 0 Å². The summed E-state index contributed by atoms with van der Waals surface area (Å²) in [6.45, 7) is 2.10. The number of primary amides is 1. The van der Waals surface area contributed by atoms with Crippen LogP contribution in [0.5, 0.6) is 0 Å². The molecule has 0 aliphatic carbocycles. The Kier molecular flexibility index (Phi) is 3.51. The number of hydrogen-bond donors (Lipinski definition) is 2. The van der Waals surface area contributed by atoms with Gasteiger partial charge < -0.3 is 16.0 Å². The predicted molar refractivity (Wildman–Crippen MR) is 74.0 cm³/mol. The van der Waals surface area contributed by atoms with Crippen LogP contribution < -0.4 is 11.1 Å². The molecule has 1 fully saturated rings. The van der Waals surface area contributed by atoms with Gasteiger partial charge in [0.25, 0.3) is 0 Å². The van der Waals surface area contributed by atoms with Crippen LogP contribution in [-0.2, 0) is 6.54 Å². The number of carbonyl (C=O) groups excluding carboxylic acids is 1. The molecule has 7 nitrogen and oxygen atoms in total. The van der Waals surface area contributed by atoms with Crippen LogP contribution in [0, 0.1) is 0 Å². The van der Waals surface area contributed by atoms with Crippen LogP contribution in [-0.4, -0.2) is 44.7 Å². The molecule has 1 aliphatic rings. The number of amides is 2. The standard InChI is InChI=1S/C13H18N6O/c14-13(20)18-7-4-10(5-8-18)15-9-12-17-16-11-3-1-2-6-19(11)12/h1-3,6,10,15H,4-5,7-9H2,(H2,14,20). The van der Waals surface area contributed by atoms with Crippen molar-refractivity contribution in [2.45, 2.75) is 25.4 Å². The first-order valence-corrected chi connectivity index (χ1v) is 6.80. The summed E-state index contributed by atoms with van der Waals surface area (Å²) in [6.07, 6.45) is 3.79. The SMILES string of the molecule is NC(=O)N1CCC(NCc2nnc3ccccn23)CC1. The minimum atomic E-state index is -0.327. The number of hydrogen-bond acceptors (Lipinski definition) is 4. The third-order valence-corrected chi connectivity index (χ3v) is 3.74. The molecule has 0 aromatic carbocycles. The third-order valence-electron chi connectivity index (χ3n) is 3.74. The molecule has 2 amide bonds. The maximum absolute atomic E-state index is 11.1. The van der Waals surface area contributed by atoms with Crippen molar-refractivity contribution < 1.29 is 4.79 Å². The quantitative estimate of drug-likeness (QED) is 0.846. The molecule has 1 saturated heterocycles. The number of fused-ring (bicyclic) bond motifs is 1. The van der Waals surface area contributed by atoms with Crippen molar-refractivity contribution in [2.24, 2.45) is 5.73 Å². The number of carbonyl (C=O) groups is 1. The van der Waals surface area contributed by atoms with Crippen LogP contribution in [0.4, 0.5) is 4.79 Å². The van der Waals surface area contributed by atoms with Crippen molar-refractivity contribution in [2.75, 3.05) is 13.1 Å². The van der Waals surface area contributed by atoms with E-state index in [-0.39, 0.29) is 6.03 Å². The Morgan fingerprint density at radius 3 is 2.90 bits per heavy atom. The van der Waals surface area contributed by atoms with Crippen molar-refractivity contribution in [3.8, 4) is 0 Å². The number of nitrogens with two attached hydrogens (primary N) is 1. The van der Waals surface area contributed by atoms with Crippen LogP contribution >= 0.6 is 0 Å². The molecule has 3 heterocycles. The fourth-order valence-corrected chi connectivity index (χ4v) is 2.55. The molecule has 2 aromatic rings. The van der Waals surface area contributed by atoms with Crippen LogP contribution in [0.1, 0.15) is 18.7 Å². The maximum Gasteiger partial charge on any atom is 0.314 e. The number of nitrogens with one attached hydrogen (secondary N) is 1. The largest absolute Gasteiger partial charge is 0.351 e. The maximum atomic E-state index is 11.1. The number of urea groups is 1. The van der Waals surface area contributed by atoms with E-state index in [2.05, 4.69) is 15.5 Å². The first-order valence-electron chi connectivity index (χ1n) is 6.80. The zero-order chi connectivity index (χ0) is 13.9. The number of piperidine rings is 1. The third kappa shape index (κ3) is 2.57. The van der Waals surface area contributed by atoms with E-state index in [0.717, 1.165) is 24.3 Å². The van der Waals surface area contributed by atoms with Gasteiger partial charge in [0, 0.05) is 25.3 Å². The lowest BCUT2D eigenvalue weighted by molar-refractivity contribution is 0.185. The zero-order valence-corrected chi connectivity index (χ0v) is 11.2. The molecule has 0 spiro atoms. The second-order valence-corrected chi connectivity index (χ2v) is 5.03. The van der Waals surface area contributed by atoms with Crippen molar-refractivity contribution >= 4 is 11.7 Å². The van der Waals surface area contributed by atoms with Gasteiger partial charge in [0.05, 0.1) is 6.54 Å². The van der Waals surface area contributed by atoms with E-state index in [1.54, 1.807) is 4.90 Å². The summed E-state index contributed by atoms with van der Waals surface area (Å²) in [5, 5.41) is 11.8. The summed E-state index contributed by atoms with van der Waals surface area (Å²) in [7, 11) is 0. The average Bonchev–Trinajstić information content (AvgIpc) is 2.89. The molecule has 0 saturated carbocycles. The Morgan fingerprint density at radius 2 is 2.15 bits per heavy atom.